The Hall–Kier alpha value is -2.93. The zero-order chi connectivity index (χ0) is 21.5. The molecule has 2 aromatic carbocycles. The van der Waals surface area contributed by atoms with Crippen LogP contribution in [0.2, 0.25) is 0 Å². The first-order valence-corrected chi connectivity index (χ1v) is 11.2. The Balaban J connectivity index is 1.44. The molecule has 164 valence electrons. The number of benzene rings is 2. The SMILES string of the molecule is CCCC(c1nnnn1CCc1ccccc1)N1CCN(c2ccccc2OC)CC1. The van der Waals surface area contributed by atoms with Crippen molar-refractivity contribution in [2.45, 2.75) is 38.8 Å². The van der Waals surface area contributed by atoms with E-state index in [9.17, 15) is 0 Å². The van der Waals surface area contributed by atoms with Gasteiger partial charge in [-0.2, -0.15) is 0 Å². The largest absolute Gasteiger partial charge is 0.495 e. The van der Waals surface area contributed by atoms with Crippen molar-refractivity contribution >= 4 is 5.69 Å². The van der Waals surface area contributed by atoms with Gasteiger partial charge in [0.2, 0.25) is 0 Å². The minimum Gasteiger partial charge on any atom is -0.495 e. The van der Waals surface area contributed by atoms with Crippen LogP contribution >= 0.6 is 0 Å². The van der Waals surface area contributed by atoms with Gasteiger partial charge in [-0.1, -0.05) is 55.8 Å². The van der Waals surface area contributed by atoms with Gasteiger partial charge in [0.15, 0.2) is 5.82 Å². The van der Waals surface area contributed by atoms with Crippen LogP contribution in [0.1, 0.15) is 37.2 Å². The Morgan fingerprint density at radius 2 is 1.71 bits per heavy atom. The van der Waals surface area contributed by atoms with Gasteiger partial charge in [-0.3, -0.25) is 4.90 Å². The first-order chi connectivity index (χ1) is 15.3. The molecule has 0 radical (unpaired) electrons. The van der Waals surface area contributed by atoms with E-state index >= 15 is 0 Å². The zero-order valence-corrected chi connectivity index (χ0v) is 18.5. The Morgan fingerprint density at radius 1 is 0.968 bits per heavy atom. The number of tetrazole rings is 1. The first kappa shape index (κ1) is 21.3. The highest BCUT2D eigenvalue weighted by Crippen LogP contribution is 2.31. The van der Waals surface area contributed by atoms with Crippen LogP contribution < -0.4 is 9.64 Å². The maximum atomic E-state index is 5.56. The Bertz CT molecular complexity index is 936. The lowest BCUT2D eigenvalue weighted by Crippen LogP contribution is -2.48. The summed E-state index contributed by atoms with van der Waals surface area (Å²) in [4.78, 5) is 4.96. The van der Waals surface area contributed by atoms with Crippen molar-refractivity contribution in [1.82, 2.24) is 25.1 Å². The fraction of sp³-hybridized carbons (Fsp3) is 0.458. The van der Waals surface area contributed by atoms with Crippen molar-refractivity contribution in [3.63, 3.8) is 0 Å². The van der Waals surface area contributed by atoms with E-state index in [1.54, 1.807) is 7.11 Å². The number of para-hydroxylation sites is 2. The predicted molar refractivity (Wildman–Crippen MR) is 122 cm³/mol. The maximum absolute atomic E-state index is 5.56. The normalized spacial score (nSPS) is 15.7. The molecule has 1 aliphatic rings. The van der Waals surface area contributed by atoms with E-state index in [4.69, 9.17) is 4.74 Å². The van der Waals surface area contributed by atoms with Crippen molar-refractivity contribution in [3.8, 4) is 5.75 Å². The van der Waals surface area contributed by atoms with E-state index in [1.165, 1.54) is 11.3 Å². The van der Waals surface area contributed by atoms with Gasteiger partial charge in [-0.15, -0.1) is 5.10 Å². The fourth-order valence-corrected chi connectivity index (χ4v) is 4.40. The second kappa shape index (κ2) is 10.4. The molecule has 7 heteroatoms. The smallest absolute Gasteiger partial charge is 0.168 e. The van der Waals surface area contributed by atoms with E-state index < -0.39 is 0 Å². The third-order valence-corrected chi connectivity index (χ3v) is 6.06. The summed E-state index contributed by atoms with van der Waals surface area (Å²) in [6, 6.07) is 19.0. The highest BCUT2D eigenvalue weighted by atomic mass is 16.5. The molecule has 0 amide bonds. The third kappa shape index (κ3) is 5.05. The average Bonchev–Trinajstić information content (AvgIpc) is 3.30. The summed E-state index contributed by atoms with van der Waals surface area (Å²) in [7, 11) is 1.74. The predicted octanol–water partition coefficient (Wildman–Crippen LogP) is 3.59. The summed E-state index contributed by atoms with van der Waals surface area (Å²) in [6.45, 7) is 6.92. The average molecular weight is 421 g/mol. The van der Waals surface area contributed by atoms with Crippen LogP contribution in [-0.2, 0) is 13.0 Å². The van der Waals surface area contributed by atoms with Crippen molar-refractivity contribution < 1.29 is 4.74 Å². The van der Waals surface area contributed by atoms with Crippen molar-refractivity contribution in [1.29, 1.82) is 0 Å². The molecule has 4 rings (SSSR count). The third-order valence-electron chi connectivity index (χ3n) is 6.06. The minimum atomic E-state index is 0.246. The quantitative estimate of drug-likeness (QED) is 0.527. The highest BCUT2D eigenvalue weighted by Gasteiger charge is 2.29. The van der Waals surface area contributed by atoms with Gasteiger partial charge in [0.1, 0.15) is 5.75 Å². The number of methoxy groups -OCH3 is 1. The van der Waals surface area contributed by atoms with Gasteiger partial charge in [0.05, 0.1) is 18.8 Å². The Labute approximate surface area is 184 Å². The van der Waals surface area contributed by atoms with Crippen LogP contribution in [0.25, 0.3) is 0 Å². The van der Waals surface area contributed by atoms with Gasteiger partial charge in [-0.05, 0) is 41.0 Å². The lowest BCUT2D eigenvalue weighted by Gasteiger charge is -2.40. The lowest BCUT2D eigenvalue weighted by molar-refractivity contribution is 0.163. The number of piperazine rings is 1. The summed E-state index contributed by atoms with van der Waals surface area (Å²) in [6.07, 6.45) is 3.09. The van der Waals surface area contributed by atoms with E-state index in [0.717, 1.165) is 63.6 Å². The second-order valence-electron chi connectivity index (χ2n) is 8.00. The number of nitrogens with zero attached hydrogens (tertiary/aromatic N) is 6. The number of anilines is 1. The molecule has 3 aromatic rings. The standard InChI is InChI=1S/C24H32N6O/c1-3-9-22(24-25-26-27-30(24)15-14-20-10-5-4-6-11-20)29-18-16-28(17-19-29)21-12-7-8-13-23(21)31-2/h4-8,10-13,22H,3,9,14-19H2,1-2H3. The van der Waals surface area contributed by atoms with Gasteiger partial charge in [-0.25, -0.2) is 4.68 Å². The van der Waals surface area contributed by atoms with E-state index in [-0.39, 0.29) is 6.04 Å². The number of hydrogen-bond acceptors (Lipinski definition) is 6. The van der Waals surface area contributed by atoms with E-state index in [1.807, 2.05) is 22.9 Å². The molecule has 1 saturated heterocycles. The molecule has 0 spiro atoms. The molecule has 2 heterocycles. The molecule has 7 nitrogen and oxygen atoms in total. The first-order valence-electron chi connectivity index (χ1n) is 11.2. The molecule has 1 unspecified atom stereocenters. The van der Waals surface area contributed by atoms with Crippen LogP contribution in [0.4, 0.5) is 5.69 Å². The number of aromatic nitrogens is 4. The van der Waals surface area contributed by atoms with Crippen LogP contribution in [0, 0.1) is 0 Å². The molecule has 0 saturated carbocycles. The topological polar surface area (TPSA) is 59.3 Å². The summed E-state index contributed by atoms with van der Waals surface area (Å²) < 4.78 is 7.56. The molecular formula is C24H32N6O. The molecule has 0 aliphatic carbocycles. The van der Waals surface area contributed by atoms with E-state index in [0.29, 0.717) is 0 Å². The van der Waals surface area contributed by atoms with Gasteiger partial charge in [0.25, 0.3) is 0 Å². The number of ether oxygens (including phenoxy) is 1. The maximum Gasteiger partial charge on any atom is 0.168 e. The molecule has 0 N–H and O–H groups in total. The minimum absolute atomic E-state index is 0.246. The Morgan fingerprint density at radius 3 is 2.45 bits per heavy atom. The van der Waals surface area contributed by atoms with Crippen molar-refractivity contribution in [3.05, 3.63) is 66.0 Å². The van der Waals surface area contributed by atoms with Gasteiger partial charge < -0.3 is 9.64 Å². The summed E-state index contributed by atoms with van der Waals surface area (Å²) in [5.74, 6) is 1.93. The van der Waals surface area contributed by atoms with Crippen LogP contribution in [0.15, 0.2) is 54.6 Å². The molecule has 1 fully saturated rings. The van der Waals surface area contributed by atoms with Crippen LogP contribution in [0.5, 0.6) is 5.75 Å². The van der Waals surface area contributed by atoms with Gasteiger partial charge >= 0.3 is 0 Å². The molecule has 1 aliphatic heterocycles. The Kier molecular flexibility index (Phi) is 7.14. The van der Waals surface area contributed by atoms with Crippen molar-refractivity contribution in [2.75, 3.05) is 38.2 Å². The summed E-state index contributed by atoms with van der Waals surface area (Å²) >= 11 is 0. The zero-order valence-electron chi connectivity index (χ0n) is 18.5. The number of rotatable bonds is 9. The molecule has 1 aromatic heterocycles. The summed E-state index contributed by atoms with van der Waals surface area (Å²) in [5.41, 5.74) is 2.48. The molecule has 31 heavy (non-hydrogen) atoms. The summed E-state index contributed by atoms with van der Waals surface area (Å²) in [5, 5.41) is 12.8. The number of hydrogen-bond donors (Lipinski definition) is 0. The molecule has 1 atom stereocenters. The second-order valence-corrected chi connectivity index (χ2v) is 8.00. The highest BCUT2D eigenvalue weighted by molar-refractivity contribution is 5.58. The van der Waals surface area contributed by atoms with Crippen LogP contribution in [-0.4, -0.2) is 58.4 Å². The molecule has 0 bridgehead atoms. The lowest BCUT2D eigenvalue weighted by atomic mass is 10.1. The molecular weight excluding hydrogens is 388 g/mol. The number of aryl methyl sites for hydroxylation is 2. The van der Waals surface area contributed by atoms with Gasteiger partial charge in [0, 0.05) is 32.7 Å². The van der Waals surface area contributed by atoms with Crippen LogP contribution in [0.3, 0.4) is 0 Å². The van der Waals surface area contributed by atoms with Crippen molar-refractivity contribution in [2.24, 2.45) is 0 Å². The monoisotopic (exact) mass is 420 g/mol. The fourth-order valence-electron chi connectivity index (χ4n) is 4.40. The van der Waals surface area contributed by atoms with E-state index in [2.05, 4.69) is 68.6 Å².